The number of hydrogen-bond donors (Lipinski definition) is 2. The summed E-state index contributed by atoms with van der Waals surface area (Å²) in [6, 6.07) is 6.59. The fourth-order valence-corrected chi connectivity index (χ4v) is 3.49. The van der Waals surface area contributed by atoms with E-state index in [2.05, 4.69) is 38.5 Å². The van der Waals surface area contributed by atoms with Crippen LogP contribution in [-0.4, -0.2) is 37.4 Å². The molecule has 7 nitrogen and oxygen atoms in total. The molecule has 1 unspecified atom stereocenters. The molecule has 0 radical (unpaired) electrons. The van der Waals surface area contributed by atoms with Crippen molar-refractivity contribution in [3.63, 3.8) is 0 Å². The molecule has 1 atom stereocenters. The second-order valence-corrected chi connectivity index (χ2v) is 6.89. The summed E-state index contributed by atoms with van der Waals surface area (Å²) in [5, 5.41) is 15.6. The molecule has 0 aromatic carbocycles. The van der Waals surface area contributed by atoms with Gasteiger partial charge in [-0.1, -0.05) is 0 Å². The van der Waals surface area contributed by atoms with Crippen LogP contribution in [0.15, 0.2) is 24.4 Å². The first kappa shape index (κ1) is 13.8. The Bertz CT molecular complexity index is 876. The van der Waals surface area contributed by atoms with Crippen molar-refractivity contribution in [3.8, 4) is 0 Å². The number of nitrogens with zero attached hydrogens (tertiary/aromatic N) is 5. The summed E-state index contributed by atoms with van der Waals surface area (Å²) in [4.78, 5) is 7.08. The minimum atomic E-state index is 0.484. The van der Waals surface area contributed by atoms with Gasteiger partial charge < -0.3 is 10.2 Å². The standard InChI is InChI=1S/C17H21N7/c1-11-4-2-8-23(11)17-19-16(14-5-3-9-24(14)22-17)18-15-10-13(20-21-15)12-6-7-12/h3,5,9-12H,2,4,6-8H2,1H3,(H2,18,19,20,21,22). The zero-order valence-corrected chi connectivity index (χ0v) is 13.7. The van der Waals surface area contributed by atoms with Crippen LogP contribution in [0.5, 0.6) is 0 Å². The van der Waals surface area contributed by atoms with Crippen LogP contribution in [0, 0.1) is 0 Å². The Morgan fingerprint density at radius 1 is 1.29 bits per heavy atom. The van der Waals surface area contributed by atoms with Crippen molar-refractivity contribution in [1.82, 2.24) is 24.8 Å². The highest BCUT2D eigenvalue weighted by molar-refractivity contribution is 5.73. The highest BCUT2D eigenvalue weighted by Crippen LogP contribution is 2.39. The quantitative estimate of drug-likeness (QED) is 0.772. The SMILES string of the molecule is CC1CCCN1c1nc(Nc2cc(C3CC3)[nH]n2)c2cccn2n1. The largest absolute Gasteiger partial charge is 0.337 e. The molecular weight excluding hydrogens is 302 g/mol. The normalized spacial score (nSPS) is 20.9. The predicted octanol–water partition coefficient (Wildman–Crippen LogP) is 3.06. The third kappa shape index (κ3) is 2.31. The third-order valence-corrected chi connectivity index (χ3v) is 5.05. The molecule has 0 spiro atoms. The van der Waals surface area contributed by atoms with Gasteiger partial charge in [0.1, 0.15) is 5.52 Å². The lowest BCUT2D eigenvalue weighted by Gasteiger charge is -2.21. The summed E-state index contributed by atoms with van der Waals surface area (Å²) in [5.41, 5.74) is 2.17. The van der Waals surface area contributed by atoms with Crippen molar-refractivity contribution < 1.29 is 0 Å². The Balaban J connectivity index is 1.51. The monoisotopic (exact) mass is 323 g/mol. The molecule has 2 N–H and O–H groups in total. The number of nitrogens with one attached hydrogen (secondary N) is 2. The maximum absolute atomic E-state index is 4.80. The van der Waals surface area contributed by atoms with Gasteiger partial charge in [0.15, 0.2) is 11.6 Å². The van der Waals surface area contributed by atoms with Crippen LogP contribution in [0.2, 0.25) is 0 Å². The van der Waals surface area contributed by atoms with Gasteiger partial charge in [-0.25, -0.2) is 4.52 Å². The second kappa shape index (κ2) is 5.22. The Morgan fingerprint density at radius 3 is 3.00 bits per heavy atom. The fraction of sp³-hybridized carbons (Fsp3) is 0.471. The van der Waals surface area contributed by atoms with Crippen LogP contribution >= 0.6 is 0 Å². The van der Waals surface area contributed by atoms with Gasteiger partial charge in [0, 0.05) is 36.5 Å². The molecule has 7 heteroatoms. The Labute approximate surface area is 140 Å². The van der Waals surface area contributed by atoms with Gasteiger partial charge >= 0.3 is 0 Å². The number of anilines is 3. The number of hydrogen-bond acceptors (Lipinski definition) is 5. The molecule has 1 saturated carbocycles. The van der Waals surface area contributed by atoms with Crippen molar-refractivity contribution in [3.05, 3.63) is 30.1 Å². The summed E-state index contributed by atoms with van der Waals surface area (Å²) >= 11 is 0. The lowest BCUT2D eigenvalue weighted by atomic mass is 10.2. The van der Waals surface area contributed by atoms with Crippen molar-refractivity contribution >= 4 is 23.1 Å². The highest BCUT2D eigenvalue weighted by Gasteiger charge is 2.26. The van der Waals surface area contributed by atoms with Crippen LogP contribution in [0.25, 0.3) is 5.52 Å². The Morgan fingerprint density at radius 2 is 2.21 bits per heavy atom. The van der Waals surface area contributed by atoms with E-state index in [1.54, 1.807) is 0 Å². The van der Waals surface area contributed by atoms with Crippen molar-refractivity contribution in [2.75, 3.05) is 16.8 Å². The van der Waals surface area contributed by atoms with E-state index in [4.69, 9.17) is 4.98 Å². The van der Waals surface area contributed by atoms with E-state index in [0.717, 1.165) is 29.6 Å². The van der Waals surface area contributed by atoms with Crippen LogP contribution in [-0.2, 0) is 0 Å². The summed E-state index contributed by atoms with van der Waals surface area (Å²) in [5.74, 6) is 3.06. The molecule has 0 amide bonds. The topological polar surface area (TPSA) is 74.1 Å². The number of H-pyrrole nitrogens is 1. The van der Waals surface area contributed by atoms with E-state index in [1.807, 2.05) is 22.8 Å². The molecule has 5 rings (SSSR count). The molecule has 3 aromatic heterocycles. The number of aromatic amines is 1. The first-order chi connectivity index (χ1) is 11.8. The summed E-state index contributed by atoms with van der Waals surface area (Å²) in [7, 11) is 0. The van der Waals surface area contributed by atoms with Crippen molar-refractivity contribution in [2.45, 2.75) is 44.6 Å². The average Bonchev–Trinajstić information content (AvgIpc) is 2.98. The maximum Gasteiger partial charge on any atom is 0.245 e. The van der Waals surface area contributed by atoms with Crippen LogP contribution in [0.1, 0.15) is 44.2 Å². The zero-order valence-electron chi connectivity index (χ0n) is 13.7. The van der Waals surface area contributed by atoms with E-state index < -0.39 is 0 Å². The molecule has 2 fully saturated rings. The predicted molar refractivity (Wildman–Crippen MR) is 92.9 cm³/mol. The minimum Gasteiger partial charge on any atom is -0.337 e. The van der Waals surface area contributed by atoms with E-state index in [-0.39, 0.29) is 0 Å². The van der Waals surface area contributed by atoms with Crippen LogP contribution < -0.4 is 10.2 Å². The fourth-order valence-electron chi connectivity index (χ4n) is 3.49. The van der Waals surface area contributed by atoms with E-state index in [0.29, 0.717) is 12.0 Å². The Hall–Kier alpha value is -2.57. The molecule has 3 aromatic rings. The third-order valence-electron chi connectivity index (χ3n) is 5.05. The van der Waals surface area contributed by atoms with Gasteiger partial charge in [-0.05, 0) is 44.7 Å². The zero-order chi connectivity index (χ0) is 16.1. The molecular formula is C17H21N7. The molecule has 24 heavy (non-hydrogen) atoms. The molecule has 0 bridgehead atoms. The van der Waals surface area contributed by atoms with Gasteiger partial charge in [-0.15, -0.1) is 5.10 Å². The van der Waals surface area contributed by atoms with Crippen molar-refractivity contribution in [1.29, 1.82) is 0 Å². The molecule has 124 valence electrons. The first-order valence-corrected chi connectivity index (χ1v) is 8.72. The molecule has 4 heterocycles. The van der Waals surface area contributed by atoms with Crippen LogP contribution in [0.3, 0.4) is 0 Å². The van der Waals surface area contributed by atoms with E-state index in [9.17, 15) is 0 Å². The number of rotatable bonds is 4. The molecule has 1 aliphatic carbocycles. The van der Waals surface area contributed by atoms with Crippen LogP contribution in [0.4, 0.5) is 17.6 Å². The summed E-state index contributed by atoms with van der Waals surface area (Å²) in [6.45, 7) is 3.25. The van der Waals surface area contributed by atoms with Gasteiger partial charge in [-0.2, -0.15) is 10.1 Å². The molecule has 2 aliphatic rings. The summed E-state index contributed by atoms with van der Waals surface area (Å²) in [6.07, 6.45) is 6.87. The minimum absolute atomic E-state index is 0.484. The van der Waals surface area contributed by atoms with E-state index >= 15 is 0 Å². The van der Waals surface area contributed by atoms with E-state index in [1.165, 1.54) is 31.4 Å². The second-order valence-electron chi connectivity index (χ2n) is 6.89. The highest BCUT2D eigenvalue weighted by atomic mass is 15.4. The maximum atomic E-state index is 4.80. The first-order valence-electron chi connectivity index (χ1n) is 8.72. The number of fused-ring (bicyclic) bond motifs is 1. The molecule has 1 aliphatic heterocycles. The van der Waals surface area contributed by atoms with Gasteiger partial charge in [0.05, 0.1) is 0 Å². The van der Waals surface area contributed by atoms with Gasteiger partial charge in [0.2, 0.25) is 5.95 Å². The van der Waals surface area contributed by atoms with Gasteiger partial charge in [0.25, 0.3) is 0 Å². The molecule has 1 saturated heterocycles. The van der Waals surface area contributed by atoms with Crippen molar-refractivity contribution in [2.24, 2.45) is 0 Å². The Kier molecular flexibility index (Phi) is 3.01. The lowest BCUT2D eigenvalue weighted by molar-refractivity contribution is 0.704. The lowest BCUT2D eigenvalue weighted by Crippen LogP contribution is -2.29. The average molecular weight is 323 g/mol. The van der Waals surface area contributed by atoms with Gasteiger partial charge in [-0.3, -0.25) is 5.10 Å². The smallest absolute Gasteiger partial charge is 0.245 e. The summed E-state index contributed by atoms with van der Waals surface area (Å²) < 4.78 is 1.89. The number of aromatic nitrogens is 5.